The van der Waals surface area contributed by atoms with E-state index < -0.39 is 29.9 Å². The summed E-state index contributed by atoms with van der Waals surface area (Å²) in [7, 11) is 0. The van der Waals surface area contributed by atoms with Crippen molar-refractivity contribution < 1.29 is 34.5 Å². The maximum atomic E-state index is 13.1. The second-order valence-electron chi connectivity index (χ2n) is 15.5. The molecule has 4 aliphatic rings. The number of hydrogen-bond acceptors (Lipinski definition) is 5. The molecule has 11 atom stereocenters. The Morgan fingerprint density at radius 2 is 1.49 bits per heavy atom. The lowest BCUT2D eigenvalue weighted by Crippen LogP contribution is -2.54. The van der Waals surface area contributed by atoms with E-state index in [-0.39, 0.29) is 36.2 Å². The van der Waals surface area contributed by atoms with Crippen molar-refractivity contribution in [2.24, 2.45) is 52.3 Å². The van der Waals surface area contributed by atoms with E-state index in [2.05, 4.69) is 31.4 Å². The second-order valence-corrected chi connectivity index (χ2v) is 15.5. The Morgan fingerprint density at radius 1 is 0.814 bits per heavy atom. The first kappa shape index (κ1) is 33.7. The zero-order valence-corrected chi connectivity index (χ0v) is 26.9. The molecule has 0 saturated heterocycles. The molecule has 0 aromatic carbocycles. The van der Waals surface area contributed by atoms with E-state index in [1.807, 2.05) is 0 Å². The Kier molecular flexibility index (Phi) is 10.6. The van der Waals surface area contributed by atoms with Crippen molar-refractivity contribution in [3.05, 3.63) is 0 Å². The molecule has 0 aliphatic heterocycles. The van der Waals surface area contributed by atoms with Gasteiger partial charge in [0, 0.05) is 12.8 Å². The maximum Gasteiger partial charge on any atom is 0.326 e. The molecule has 244 valence electrons. The fourth-order valence-electron chi connectivity index (χ4n) is 10.3. The van der Waals surface area contributed by atoms with Crippen LogP contribution in [0.25, 0.3) is 0 Å². The molecule has 0 bridgehead atoms. The maximum absolute atomic E-state index is 13.1. The molecule has 9 heteroatoms. The van der Waals surface area contributed by atoms with Crippen molar-refractivity contribution in [3.8, 4) is 0 Å². The van der Waals surface area contributed by atoms with Gasteiger partial charge in [0.15, 0.2) is 0 Å². The number of aliphatic hydroxyl groups is 1. The van der Waals surface area contributed by atoms with Crippen LogP contribution >= 0.6 is 0 Å². The standard InChI is InChI=1S/C34H56N2O7/c1-19(2)30(31(41)35-27(32(42)43)11-13-29(39)40)36-28(38)12-6-20(3)24-9-10-25-23-8-7-21-18-22(37)14-16-33(21,4)26(23)15-17-34(24,25)5/h19-27,30,37H,6-18H2,1-5H3,(H,35,41)(H,36,38)(H,39,40)(H,42,43)/t20-,21-,22-,23+,24-,25+,26+,27+,30+,33+,34-/m1/s1. The lowest BCUT2D eigenvalue weighted by atomic mass is 9.44. The highest BCUT2D eigenvalue weighted by Crippen LogP contribution is 2.68. The molecule has 5 N–H and O–H groups in total. The average molecular weight is 605 g/mol. The smallest absolute Gasteiger partial charge is 0.326 e. The van der Waals surface area contributed by atoms with Crippen LogP contribution in [0.5, 0.6) is 0 Å². The Bertz CT molecular complexity index is 1050. The van der Waals surface area contributed by atoms with Crippen molar-refractivity contribution in [3.63, 3.8) is 0 Å². The minimum atomic E-state index is -1.32. The highest BCUT2D eigenvalue weighted by molar-refractivity contribution is 5.90. The number of carbonyl (C=O) groups is 4. The molecule has 43 heavy (non-hydrogen) atoms. The van der Waals surface area contributed by atoms with E-state index in [9.17, 15) is 29.4 Å². The van der Waals surface area contributed by atoms with Crippen molar-refractivity contribution in [1.29, 1.82) is 0 Å². The van der Waals surface area contributed by atoms with Gasteiger partial charge in [-0.25, -0.2) is 4.79 Å². The number of carboxylic acids is 2. The summed E-state index contributed by atoms with van der Waals surface area (Å²) in [6.45, 7) is 10.9. The van der Waals surface area contributed by atoms with Crippen LogP contribution in [0.15, 0.2) is 0 Å². The van der Waals surface area contributed by atoms with Crippen LogP contribution in [-0.2, 0) is 19.2 Å². The average Bonchev–Trinajstić information content (AvgIpc) is 3.29. The van der Waals surface area contributed by atoms with Crippen molar-refractivity contribution in [1.82, 2.24) is 10.6 Å². The Labute approximate surface area is 257 Å². The Hall–Kier alpha value is -2.16. The number of nitrogens with one attached hydrogen (secondary N) is 2. The fraction of sp³-hybridized carbons (Fsp3) is 0.882. The lowest BCUT2D eigenvalue weighted by Gasteiger charge is -2.61. The van der Waals surface area contributed by atoms with E-state index in [4.69, 9.17) is 5.11 Å². The van der Waals surface area contributed by atoms with Gasteiger partial charge in [-0.15, -0.1) is 0 Å². The molecule has 4 fully saturated rings. The van der Waals surface area contributed by atoms with E-state index in [1.54, 1.807) is 13.8 Å². The second kappa shape index (κ2) is 13.5. The molecular weight excluding hydrogens is 548 g/mol. The Balaban J connectivity index is 1.32. The number of carbonyl (C=O) groups excluding carboxylic acids is 2. The molecule has 0 aromatic rings. The number of fused-ring (bicyclic) bond motifs is 5. The third kappa shape index (κ3) is 7.07. The molecule has 0 unspecified atom stereocenters. The molecular formula is C34H56N2O7. The van der Waals surface area contributed by atoms with Crippen LogP contribution in [0.1, 0.15) is 118 Å². The first-order valence-corrected chi connectivity index (χ1v) is 16.9. The first-order chi connectivity index (χ1) is 20.2. The largest absolute Gasteiger partial charge is 0.481 e. The summed E-state index contributed by atoms with van der Waals surface area (Å²) in [5.74, 6) is 0.367. The van der Waals surface area contributed by atoms with Crippen molar-refractivity contribution in [2.75, 3.05) is 0 Å². The third-order valence-corrected chi connectivity index (χ3v) is 12.8. The predicted molar refractivity (Wildman–Crippen MR) is 163 cm³/mol. The SMILES string of the molecule is CC(C)[C@H](NC(=O)CC[C@@H](C)[C@H]1CC[C@H]2[C@@H]3CC[C@@H]4C[C@H](O)CC[C@]4(C)[C@H]3CC[C@]12C)C(=O)N[C@@H](CCC(=O)O)C(=O)O. The number of amides is 2. The van der Waals surface area contributed by atoms with Gasteiger partial charge in [-0.2, -0.15) is 0 Å². The molecule has 0 aromatic heterocycles. The van der Waals surface area contributed by atoms with E-state index >= 15 is 0 Å². The molecule has 4 saturated carbocycles. The summed E-state index contributed by atoms with van der Waals surface area (Å²) in [5, 5.41) is 33.9. The molecule has 0 spiro atoms. The third-order valence-electron chi connectivity index (χ3n) is 12.8. The van der Waals surface area contributed by atoms with Gasteiger partial charge in [0.25, 0.3) is 0 Å². The van der Waals surface area contributed by atoms with Crippen LogP contribution in [0.2, 0.25) is 0 Å². The minimum Gasteiger partial charge on any atom is -0.481 e. The molecule has 2 amide bonds. The van der Waals surface area contributed by atoms with E-state index in [0.29, 0.717) is 29.6 Å². The molecule has 9 nitrogen and oxygen atoms in total. The molecule has 0 heterocycles. The van der Waals surface area contributed by atoms with Crippen molar-refractivity contribution >= 4 is 23.8 Å². The summed E-state index contributed by atoms with van der Waals surface area (Å²) in [4.78, 5) is 48.4. The highest BCUT2D eigenvalue weighted by Gasteiger charge is 2.60. The Morgan fingerprint density at radius 3 is 2.14 bits per heavy atom. The van der Waals surface area contributed by atoms with Crippen LogP contribution in [0, 0.1) is 52.3 Å². The summed E-state index contributed by atoms with van der Waals surface area (Å²) in [5.41, 5.74) is 0.655. The van der Waals surface area contributed by atoms with Gasteiger partial charge in [-0.1, -0.05) is 34.6 Å². The summed E-state index contributed by atoms with van der Waals surface area (Å²) in [6, 6.07) is -2.22. The topological polar surface area (TPSA) is 153 Å². The van der Waals surface area contributed by atoms with Crippen LogP contribution < -0.4 is 10.6 Å². The van der Waals surface area contributed by atoms with Crippen LogP contribution in [0.4, 0.5) is 0 Å². The fourth-order valence-corrected chi connectivity index (χ4v) is 10.3. The number of aliphatic carboxylic acids is 2. The molecule has 4 rings (SSSR count). The number of carboxylic acid groups (broad SMARTS) is 2. The highest BCUT2D eigenvalue weighted by atomic mass is 16.4. The minimum absolute atomic E-state index is 0.118. The normalized spacial score (nSPS) is 37.3. The van der Waals surface area contributed by atoms with Gasteiger partial charge in [-0.05, 0) is 123 Å². The van der Waals surface area contributed by atoms with Gasteiger partial charge in [-0.3, -0.25) is 14.4 Å². The quantitative estimate of drug-likeness (QED) is 0.210. The van der Waals surface area contributed by atoms with Crippen molar-refractivity contribution in [2.45, 2.75) is 136 Å². The first-order valence-electron chi connectivity index (χ1n) is 16.9. The van der Waals surface area contributed by atoms with Gasteiger partial charge < -0.3 is 26.0 Å². The van der Waals surface area contributed by atoms with Gasteiger partial charge >= 0.3 is 11.9 Å². The number of hydrogen-bond donors (Lipinski definition) is 5. The molecule has 4 aliphatic carbocycles. The number of rotatable bonds is 12. The number of aliphatic hydroxyl groups excluding tert-OH is 1. The predicted octanol–water partition coefficient (Wildman–Crippen LogP) is 5.00. The lowest BCUT2D eigenvalue weighted by molar-refractivity contribution is -0.143. The van der Waals surface area contributed by atoms with E-state index in [1.165, 1.54) is 38.5 Å². The molecule has 0 radical (unpaired) electrons. The zero-order chi connectivity index (χ0) is 31.7. The summed E-state index contributed by atoms with van der Waals surface area (Å²) >= 11 is 0. The monoisotopic (exact) mass is 604 g/mol. The van der Waals surface area contributed by atoms with E-state index in [0.717, 1.165) is 43.4 Å². The van der Waals surface area contributed by atoms with Gasteiger partial charge in [0.05, 0.1) is 6.10 Å². The summed E-state index contributed by atoms with van der Waals surface area (Å²) in [6.07, 6.45) is 11.0. The van der Waals surface area contributed by atoms with Gasteiger partial charge in [0.1, 0.15) is 12.1 Å². The summed E-state index contributed by atoms with van der Waals surface area (Å²) < 4.78 is 0. The van der Waals surface area contributed by atoms with Crippen LogP contribution in [-0.4, -0.2) is 57.3 Å². The van der Waals surface area contributed by atoms with Gasteiger partial charge in [0.2, 0.25) is 11.8 Å². The zero-order valence-electron chi connectivity index (χ0n) is 26.9. The van der Waals surface area contributed by atoms with Crippen LogP contribution in [0.3, 0.4) is 0 Å².